The molecule has 32 heavy (non-hydrogen) atoms. The van der Waals surface area contributed by atoms with E-state index in [0.29, 0.717) is 31.5 Å². The predicted molar refractivity (Wildman–Crippen MR) is 117 cm³/mol. The molecule has 0 atom stereocenters. The van der Waals surface area contributed by atoms with E-state index in [9.17, 15) is 24.5 Å². The van der Waals surface area contributed by atoms with Crippen LogP contribution in [0, 0.1) is 17.0 Å². The topological polar surface area (TPSA) is 134 Å². The first-order chi connectivity index (χ1) is 15.3. The van der Waals surface area contributed by atoms with Gasteiger partial charge in [0.1, 0.15) is 0 Å². The molecule has 1 heterocycles. The summed E-state index contributed by atoms with van der Waals surface area (Å²) in [5.74, 6) is -1.13. The quantitative estimate of drug-likeness (QED) is 0.462. The number of hydrogen-bond donors (Lipinski definition) is 3. The average Bonchev–Trinajstić information content (AvgIpc) is 2.79. The van der Waals surface area contributed by atoms with Gasteiger partial charge in [0.2, 0.25) is 0 Å². The summed E-state index contributed by atoms with van der Waals surface area (Å²) in [4.78, 5) is 48.9. The van der Waals surface area contributed by atoms with Gasteiger partial charge in [0.25, 0.3) is 23.4 Å². The van der Waals surface area contributed by atoms with E-state index in [-0.39, 0.29) is 29.7 Å². The maximum absolute atomic E-state index is 12.5. The SMILES string of the molecule is Cc1ccccc1C(=O)NC1CCN(CC(=O)NNC(=O)c2cccc([N+](=O)[O-])c2)CC1. The molecule has 3 amide bonds. The van der Waals surface area contributed by atoms with Gasteiger partial charge in [-0.05, 0) is 37.5 Å². The number of aryl methyl sites for hydroxylation is 1. The lowest BCUT2D eigenvalue weighted by atomic mass is 10.0. The Morgan fingerprint density at radius 1 is 1.03 bits per heavy atom. The molecule has 0 unspecified atom stereocenters. The number of likely N-dealkylation sites (tertiary alicyclic amines) is 1. The van der Waals surface area contributed by atoms with Gasteiger partial charge in [-0.25, -0.2) is 0 Å². The summed E-state index contributed by atoms with van der Waals surface area (Å²) >= 11 is 0. The Hall–Kier alpha value is -3.79. The number of rotatable bonds is 6. The van der Waals surface area contributed by atoms with E-state index in [2.05, 4.69) is 16.2 Å². The van der Waals surface area contributed by atoms with E-state index in [4.69, 9.17) is 0 Å². The second kappa shape index (κ2) is 10.5. The maximum Gasteiger partial charge on any atom is 0.270 e. The Labute approximate surface area is 185 Å². The van der Waals surface area contributed by atoms with Gasteiger partial charge in [0, 0.05) is 42.4 Å². The van der Waals surface area contributed by atoms with Crippen LogP contribution in [0.5, 0.6) is 0 Å². The van der Waals surface area contributed by atoms with Crippen LogP contribution < -0.4 is 16.2 Å². The number of nitrogens with zero attached hydrogens (tertiary/aromatic N) is 2. The van der Waals surface area contributed by atoms with E-state index in [1.165, 1.54) is 18.2 Å². The highest BCUT2D eigenvalue weighted by Crippen LogP contribution is 2.14. The van der Waals surface area contributed by atoms with Gasteiger partial charge >= 0.3 is 0 Å². The van der Waals surface area contributed by atoms with Gasteiger partial charge in [-0.15, -0.1) is 0 Å². The van der Waals surface area contributed by atoms with Crippen molar-refractivity contribution in [2.45, 2.75) is 25.8 Å². The molecule has 2 aromatic carbocycles. The fourth-order valence-corrected chi connectivity index (χ4v) is 3.53. The van der Waals surface area contributed by atoms with Crippen LogP contribution in [-0.4, -0.2) is 53.2 Å². The molecule has 0 radical (unpaired) electrons. The van der Waals surface area contributed by atoms with Crippen molar-refractivity contribution in [3.63, 3.8) is 0 Å². The maximum atomic E-state index is 12.5. The van der Waals surface area contributed by atoms with Crippen molar-refractivity contribution in [3.8, 4) is 0 Å². The fraction of sp³-hybridized carbons (Fsp3) is 0.318. The third-order valence-corrected chi connectivity index (χ3v) is 5.31. The number of piperidine rings is 1. The molecule has 0 spiro atoms. The molecule has 10 heteroatoms. The smallest absolute Gasteiger partial charge is 0.270 e. The van der Waals surface area contributed by atoms with Gasteiger partial charge in [-0.1, -0.05) is 24.3 Å². The van der Waals surface area contributed by atoms with E-state index in [1.54, 1.807) is 6.07 Å². The molecule has 1 fully saturated rings. The zero-order valence-electron chi connectivity index (χ0n) is 17.7. The summed E-state index contributed by atoms with van der Waals surface area (Å²) in [5.41, 5.74) is 6.05. The third-order valence-electron chi connectivity index (χ3n) is 5.31. The first kappa shape index (κ1) is 22.9. The third kappa shape index (κ3) is 6.11. The highest BCUT2D eigenvalue weighted by atomic mass is 16.6. The van der Waals surface area contributed by atoms with E-state index < -0.39 is 16.7 Å². The van der Waals surface area contributed by atoms with Crippen LogP contribution in [0.15, 0.2) is 48.5 Å². The van der Waals surface area contributed by atoms with E-state index >= 15 is 0 Å². The number of nitrogens with one attached hydrogen (secondary N) is 3. The van der Waals surface area contributed by atoms with Crippen LogP contribution in [0.1, 0.15) is 39.1 Å². The van der Waals surface area contributed by atoms with Gasteiger partial charge in [0.05, 0.1) is 11.5 Å². The average molecular weight is 439 g/mol. The van der Waals surface area contributed by atoms with Crippen LogP contribution in [0.25, 0.3) is 0 Å². The largest absolute Gasteiger partial charge is 0.349 e. The van der Waals surface area contributed by atoms with Crippen LogP contribution in [-0.2, 0) is 4.79 Å². The van der Waals surface area contributed by atoms with Crippen molar-refractivity contribution in [2.24, 2.45) is 0 Å². The minimum Gasteiger partial charge on any atom is -0.349 e. The van der Waals surface area contributed by atoms with Gasteiger partial charge in [-0.3, -0.25) is 40.2 Å². The zero-order chi connectivity index (χ0) is 23.1. The Balaban J connectivity index is 1.40. The molecule has 0 aromatic heterocycles. The highest BCUT2D eigenvalue weighted by Gasteiger charge is 2.23. The van der Waals surface area contributed by atoms with Crippen LogP contribution in [0.4, 0.5) is 5.69 Å². The predicted octanol–water partition coefficient (Wildman–Crippen LogP) is 1.56. The second-order valence-electron chi connectivity index (χ2n) is 7.65. The Morgan fingerprint density at radius 3 is 2.44 bits per heavy atom. The molecule has 168 valence electrons. The monoisotopic (exact) mass is 439 g/mol. The van der Waals surface area contributed by atoms with Crippen molar-refractivity contribution in [1.82, 2.24) is 21.1 Å². The van der Waals surface area contributed by atoms with E-state index in [1.807, 2.05) is 30.0 Å². The molecule has 2 aromatic rings. The van der Waals surface area contributed by atoms with Gasteiger partial charge in [-0.2, -0.15) is 0 Å². The highest BCUT2D eigenvalue weighted by molar-refractivity contribution is 5.96. The van der Waals surface area contributed by atoms with Crippen molar-refractivity contribution in [2.75, 3.05) is 19.6 Å². The lowest BCUT2D eigenvalue weighted by Gasteiger charge is -2.31. The Bertz CT molecular complexity index is 1020. The van der Waals surface area contributed by atoms with Crippen LogP contribution >= 0.6 is 0 Å². The number of benzene rings is 2. The lowest BCUT2D eigenvalue weighted by molar-refractivity contribution is -0.384. The minimum absolute atomic E-state index is 0.0370. The Morgan fingerprint density at radius 2 is 1.75 bits per heavy atom. The number of nitro groups is 1. The molecule has 3 N–H and O–H groups in total. The molecule has 1 saturated heterocycles. The first-order valence-corrected chi connectivity index (χ1v) is 10.3. The molecule has 3 rings (SSSR count). The molecular weight excluding hydrogens is 414 g/mol. The summed E-state index contributed by atoms with van der Waals surface area (Å²) in [6.07, 6.45) is 1.43. The number of non-ortho nitro benzene ring substituents is 1. The zero-order valence-corrected chi connectivity index (χ0v) is 17.7. The number of carbonyl (C=O) groups excluding carboxylic acids is 3. The Kier molecular flexibility index (Phi) is 7.50. The van der Waals surface area contributed by atoms with Gasteiger partial charge < -0.3 is 5.32 Å². The molecule has 10 nitrogen and oxygen atoms in total. The summed E-state index contributed by atoms with van der Waals surface area (Å²) < 4.78 is 0. The van der Waals surface area contributed by atoms with Crippen LogP contribution in [0.2, 0.25) is 0 Å². The molecule has 0 bridgehead atoms. The molecule has 0 saturated carbocycles. The first-order valence-electron chi connectivity index (χ1n) is 10.3. The van der Waals surface area contributed by atoms with Crippen molar-refractivity contribution in [1.29, 1.82) is 0 Å². The molecule has 1 aliphatic heterocycles. The van der Waals surface area contributed by atoms with Crippen LogP contribution in [0.3, 0.4) is 0 Å². The summed E-state index contributed by atoms with van der Waals surface area (Å²) in [6, 6.07) is 12.7. The van der Waals surface area contributed by atoms with Gasteiger partial charge in [0.15, 0.2) is 0 Å². The molecule has 0 aliphatic carbocycles. The molecular formula is C22H25N5O5. The number of hydrazine groups is 1. The number of amides is 3. The lowest BCUT2D eigenvalue weighted by Crippen LogP contribution is -2.50. The summed E-state index contributed by atoms with van der Waals surface area (Å²) in [5, 5.41) is 13.9. The van der Waals surface area contributed by atoms with Crippen molar-refractivity contribution >= 4 is 23.4 Å². The second-order valence-corrected chi connectivity index (χ2v) is 7.65. The number of carbonyl (C=O) groups is 3. The summed E-state index contributed by atoms with van der Waals surface area (Å²) in [6.45, 7) is 3.25. The fourth-order valence-electron chi connectivity index (χ4n) is 3.53. The number of hydrogen-bond acceptors (Lipinski definition) is 6. The standard InChI is InChI=1S/C22H25N5O5/c1-15-5-2-3-8-19(15)22(30)23-17-9-11-26(12-10-17)14-20(28)24-25-21(29)16-6-4-7-18(13-16)27(31)32/h2-8,13,17H,9-12,14H2,1H3,(H,23,30)(H,24,28)(H,25,29). The van der Waals surface area contributed by atoms with Crippen molar-refractivity contribution in [3.05, 3.63) is 75.3 Å². The van der Waals surface area contributed by atoms with Crippen molar-refractivity contribution < 1.29 is 19.3 Å². The summed E-state index contributed by atoms with van der Waals surface area (Å²) in [7, 11) is 0. The minimum atomic E-state index is -0.639. The number of nitro benzene ring substituents is 1. The normalized spacial score (nSPS) is 14.4. The van der Waals surface area contributed by atoms with E-state index in [0.717, 1.165) is 11.6 Å². The molecule has 1 aliphatic rings.